The van der Waals surface area contributed by atoms with E-state index in [0.717, 1.165) is 36.9 Å². The zero-order chi connectivity index (χ0) is 33.3. The normalized spacial score (nSPS) is 29.5. The van der Waals surface area contributed by atoms with E-state index in [-0.39, 0.29) is 35.6 Å². The molecule has 47 heavy (non-hydrogen) atoms. The SMILES string of the molecule is COC[C@H]1CC(c2ccc(C(F)(F)F)cc2N2CCC(C(=O)O)CC2)CN1C(=O)[C@@H]1CN(C2CCCC2)C[C@H]1C1C=CC(OC)=CC1. The van der Waals surface area contributed by atoms with Crippen molar-refractivity contribution in [3.05, 3.63) is 53.3 Å². The maximum Gasteiger partial charge on any atom is 0.416 e. The number of benzene rings is 1. The Balaban J connectivity index is 1.26. The zero-order valence-electron chi connectivity index (χ0n) is 27.5. The second-order valence-corrected chi connectivity index (χ2v) is 14.1. The quantitative estimate of drug-likeness (QED) is 0.352. The maximum atomic E-state index is 14.7. The van der Waals surface area contributed by atoms with Gasteiger partial charge in [-0.3, -0.25) is 14.5 Å². The average Bonchev–Trinajstić information content (AvgIpc) is 3.85. The predicted molar refractivity (Wildman–Crippen MR) is 172 cm³/mol. The number of methoxy groups -OCH3 is 2. The molecule has 5 atom stereocenters. The molecule has 1 amide bonds. The Morgan fingerprint density at radius 3 is 2.38 bits per heavy atom. The summed E-state index contributed by atoms with van der Waals surface area (Å²) in [5.74, 6) is -0.356. The highest BCUT2D eigenvalue weighted by Crippen LogP contribution is 2.44. The number of likely N-dealkylation sites (tertiary alicyclic amines) is 2. The molecule has 2 unspecified atom stereocenters. The summed E-state index contributed by atoms with van der Waals surface area (Å²) >= 11 is 0. The standard InChI is InChI=1S/C36H48F3N3O5/c1-46-22-28-17-25(30-12-9-26(36(37,38)39)18-33(30)40-15-13-24(14-16-40)35(44)45)19-42(28)34(43)32-21-41(27-5-3-4-6-27)20-31(32)23-7-10-29(47-2)11-8-23/h7,9-12,18,23-25,27-28,31-32H,3-6,8,13-17,19-22H2,1-2H3,(H,44,45)/t23?,25?,28-,31+,32-/m1/s1. The van der Waals surface area contributed by atoms with Gasteiger partial charge in [0, 0.05) is 57.5 Å². The van der Waals surface area contributed by atoms with Gasteiger partial charge in [0.1, 0.15) is 5.76 Å². The van der Waals surface area contributed by atoms with Crippen molar-refractivity contribution < 1.29 is 37.3 Å². The molecule has 258 valence electrons. The van der Waals surface area contributed by atoms with Gasteiger partial charge in [0.15, 0.2) is 0 Å². The summed E-state index contributed by atoms with van der Waals surface area (Å²) in [6.07, 6.45) is 8.77. The number of ether oxygens (including phenoxy) is 2. The van der Waals surface area contributed by atoms with Crippen LogP contribution in [0.5, 0.6) is 0 Å². The van der Waals surface area contributed by atoms with Gasteiger partial charge in [0.05, 0.1) is 37.2 Å². The van der Waals surface area contributed by atoms with Crippen LogP contribution in [0, 0.1) is 23.7 Å². The highest BCUT2D eigenvalue weighted by molar-refractivity contribution is 5.81. The Morgan fingerprint density at radius 2 is 1.77 bits per heavy atom. The first-order chi connectivity index (χ1) is 22.6. The number of carboxylic acid groups (broad SMARTS) is 1. The van der Waals surface area contributed by atoms with E-state index in [9.17, 15) is 27.9 Å². The first-order valence-corrected chi connectivity index (χ1v) is 17.2. The number of carbonyl (C=O) groups excluding carboxylic acids is 1. The van der Waals surface area contributed by atoms with Crippen LogP contribution in [0.2, 0.25) is 0 Å². The van der Waals surface area contributed by atoms with E-state index in [4.69, 9.17) is 9.47 Å². The van der Waals surface area contributed by atoms with Crippen molar-refractivity contribution in [1.29, 1.82) is 0 Å². The summed E-state index contributed by atoms with van der Waals surface area (Å²) in [5, 5.41) is 9.49. The zero-order valence-corrected chi connectivity index (χ0v) is 27.5. The number of allylic oxidation sites excluding steroid dienone is 3. The van der Waals surface area contributed by atoms with Gasteiger partial charge in [-0.05, 0) is 80.2 Å². The van der Waals surface area contributed by atoms with Gasteiger partial charge in [-0.1, -0.05) is 25.0 Å². The summed E-state index contributed by atoms with van der Waals surface area (Å²) in [7, 11) is 3.29. The van der Waals surface area contributed by atoms with E-state index in [1.807, 2.05) is 15.9 Å². The molecule has 11 heteroatoms. The second-order valence-electron chi connectivity index (χ2n) is 14.1. The van der Waals surface area contributed by atoms with Crippen LogP contribution in [0.15, 0.2) is 42.2 Å². The largest absolute Gasteiger partial charge is 0.497 e. The number of amides is 1. The van der Waals surface area contributed by atoms with E-state index < -0.39 is 23.6 Å². The highest BCUT2D eigenvalue weighted by atomic mass is 19.4. The molecule has 3 heterocycles. The van der Waals surface area contributed by atoms with Gasteiger partial charge < -0.3 is 24.4 Å². The molecule has 2 aliphatic carbocycles. The number of aliphatic carboxylic acids is 1. The first-order valence-electron chi connectivity index (χ1n) is 17.2. The predicted octanol–water partition coefficient (Wildman–Crippen LogP) is 5.93. The minimum absolute atomic E-state index is 0.116. The van der Waals surface area contributed by atoms with Crippen molar-refractivity contribution in [1.82, 2.24) is 9.80 Å². The number of hydrogen-bond acceptors (Lipinski definition) is 6. The molecular weight excluding hydrogens is 611 g/mol. The summed E-state index contributed by atoms with van der Waals surface area (Å²) in [6, 6.07) is 4.26. The molecule has 1 aromatic rings. The highest BCUT2D eigenvalue weighted by Gasteiger charge is 2.48. The maximum absolute atomic E-state index is 14.7. The van der Waals surface area contributed by atoms with Crippen LogP contribution in [-0.4, -0.2) is 92.4 Å². The monoisotopic (exact) mass is 659 g/mol. The van der Waals surface area contributed by atoms with Gasteiger partial charge in [-0.25, -0.2) is 0 Å². The van der Waals surface area contributed by atoms with Crippen LogP contribution < -0.4 is 4.90 Å². The molecule has 3 saturated heterocycles. The molecule has 5 aliphatic rings. The summed E-state index contributed by atoms with van der Waals surface area (Å²) in [5.41, 5.74) is 0.563. The molecule has 6 rings (SSSR count). The van der Waals surface area contributed by atoms with Crippen molar-refractivity contribution in [3.8, 4) is 0 Å². The summed E-state index contributed by atoms with van der Waals surface area (Å²) in [4.78, 5) is 32.7. The van der Waals surface area contributed by atoms with E-state index in [0.29, 0.717) is 57.2 Å². The molecule has 4 fully saturated rings. The number of rotatable bonds is 9. The molecule has 0 bridgehead atoms. The third-order valence-corrected chi connectivity index (χ3v) is 11.5. The fourth-order valence-electron chi connectivity index (χ4n) is 8.89. The number of carboxylic acids is 1. The number of anilines is 1. The number of alkyl halides is 3. The van der Waals surface area contributed by atoms with E-state index in [1.165, 1.54) is 31.7 Å². The number of nitrogens with zero attached hydrogens (tertiary/aromatic N) is 3. The molecule has 0 spiro atoms. The Hall–Kier alpha value is -3.05. The Bertz CT molecular complexity index is 1350. The van der Waals surface area contributed by atoms with Crippen molar-refractivity contribution in [3.63, 3.8) is 0 Å². The first kappa shape index (κ1) is 33.8. The minimum Gasteiger partial charge on any atom is -0.497 e. The van der Waals surface area contributed by atoms with Gasteiger partial charge in [0.2, 0.25) is 5.91 Å². The molecule has 8 nitrogen and oxygen atoms in total. The Kier molecular flexibility index (Phi) is 10.2. The third-order valence-electron chi connectivity index (χ3n) is 11.5. The van der Waals surface area contributed by atoms with Gasteiger partial charge in [-0.15, -0.1) is 0 Å². The molecular formula is C36H48F3N3O5. The molecule has 1 saturated carbocycles. The molecule has 1 N–H and O–H groups in total. The summed E-state index contributed by atoms with van der Waals surface area (Å²) in [6.45, 7) is 3.12. The lowest BCUT2D eigenvalue weighted by molar-refractivity contribution is -0.142. The van der Waals surface area contributed by atoms with E-state index in [1.54, 1.807) is 20.3 Å². The minimum atomic E-state index is -4.50. The fourth-order valence-corrected chi connectivity index (χ4v) is 8.89. The lowest BCUT2D eigenvalue weighted by atomic mass is 9.79. The van der Waals surface area contributed by atoms with Crippen molar-refractivity contribution in [2.45, 2.75) is 75.5 Å². The molecule has 0 aromatic heterocycles. The van der Waals surface area contributed by atoms with Crippen LogP contribution in [0.25, 0.3) is 0 Å². The second kappa shape index (κ2) is 14.2. The number of hydrogen-bond donors (Lipinski definition) is 1. The van der Waals surface area contributed by atoms with E-state index >= 15 is 0 Å². The molecule has 3 aliphatic heterocycles. The van der Waals surface area contributed by atoms with Crippen LogP contribution >= 0.6 is 0 Å². The van der Waals surface area contributed by atoms with Gasteiger partial charge in [-0.2, -0.15) is 13.2 Å². The molecule has 1 aromatic carbocycles. The van der Waals surface area contributed by atoms with Crippen LogP contribution in [0.1, 0.15) is 68.4 Å². The topological polar surface area (TPSA) is 82.5 Å². The third kappa shape index (κ3) is 7.21. The lowest BCUT2D eigenvalue weighted by Gasteiger charge is -2.35. The smallest absolute Gasteiger partial charge is 0.416 e. The van der Waals surface area contributed by atoms with Crippen molar-refractivity contribution in [2.75, 3.05) is 58.5 Å². The Labute approximate surface area is 275 Å². The van der Waals surface area contributed by atoms with Crippen LogP contribution in [0.3, 0.4) is 0 Å². The lowest BCUT2D eigenvalue weighted by Crippen LogP contribution is -2.45. The molecule has 0 radical (unpaired) electrons. The van der Waals surface area contributed by atoms with Crippen LogP contribution in [0.4, 0.5) is 18.9 Å². The van der Waals surface area contributed by atoms with Crippen molar-refractivity contribution >= 4 is 17.6 Å². The fraction of sp³-hybridized carbons (Fsp3) is 0.667. The van der Waals surface area contributed by atoms with Crippen molar-refractivity contribution in [2.24, 2.45) is 23.7 Å². The number of carbonyl (C=O) groups is 2. The summed E-state index contributed by atoms with van der Waals surface area (Å²) < 4.78 is 52.8. The number of halogens is 3. The Morgan fingerprint density at radius 1 is 1.02 bits per heavy atom. The van der Waals surface area contributed by atoms with E-state index in [2.05, 4.69) is 17.1 Å². The van der Waals surface area contributed by atoms with Gasteiger partial charge >= 0.3 is 12.1 Å². The number of piperidine rings is 1. The average molecular weight is 660 g/mol. The van der Waals surface area contributed by atoms with Crippen LogP contribution in [-0.2, 0) is 25.2 Å². The van der Waals surface area contributed by atoms with Gasteiger partial charge in [0.25, 0.3) is 0 Å².